The number of hydrogen-bond acceptors (Lipinski definition) is 2. The van der Waals surface area contributed by atoms with Crippen LogP contribution in [0.4, 0.5) is 17.1 Å². The maximum Gasteiger partial charge on any atom is 0.0535 e. The number of hydrogen-bond donors (Lipinski definition) is 0. The number of nitrogens with zero attached hydrogens (tertiary/aromatic N) is 2. The van der Waals surface area contributed by atoms with Crippen LogP contribution in [0.2, 0.25) is 0 Å². The molecule has 0 N–H and O–H groups in total. The molecule has 0 amide bonds. The minimum Gasteiger partial charge on any atom is -0.309 e. The number of aromatic nitrogens is 1. The standard InChI is InChI=1S/C33H22N2/c1-3-7-25-19(5-1)11-21-17-32-22(14-27(21)25)12-23-15-28-26-8-4-2-6-20(26)13-29(28)30-16-24-18-34-10-9-31(24)35(32)33(23)30/h1-10,14-15,17-18H,11-13,16H2. The first-order valence-corrected chi connectivity index (χ1v) is 12.6. The Balaban J connectivity index is 1.33. The van der Waals surface area contributed by atoms with Crippen molar-refractivity contribution in [2.24, 2.45) is 0 Å². The molecule has 2 aliphatic carbocycles. The van der Waals surface area contributed by atoms with Crippen molar-refractivity contribution in [1.29, 1.82) is 0 Å². The van der Waals surface area contributed by atoms with E-state index in [1.807, 2.05) is 6.20 Å². The maximum atomic E-state index is 4.53. The molecule has 0 bridgehead atoms. The highest BCUT2D eigenvalue weighted by Crippen LogP contribution is 2.55. The Morgan fingerprint density at radius 2 is 1.23 bits per heavy atom. The topological polar surface area (TPSA) is 16.1 Å². The highest BCUT2D eigenvalue weighted by Gasteiger charge is 2.37. The summed E-state index contributed by atoms with van der Waals surface area (Å²) in [4.78, 5) is 7.09. The summed E-state index contributed by atoms with van der Waals surface area (Å²) in [7, 11) is 0. The Kier molecular flexibility index (Phi) is 3.27. The molecule has 0 atom stereocenters. The van der Waals surface area contributed by atoms with E-state index in [0.717, 1.165) is 25.7 Å². The molecule has 2 aliphatic heterocycles. The SMILES string of the molecule is c1ccc2c(c1)Cc1cc3c(cc1-2)Cc1cc2c(c4c1N3c1ccncc1C4)Cc1ccccc1-2. The molecule has 3 heterocycles. The second-order valence-electron chi connectivity index (χ2n) is 10.4. The monoisotopic (exact) mass is 446 g/mol. The van der Waals surface area contributed by atoms with Crippen LogP contribution in [0.25, 0.3) is 22.3 Å². The summed E-state index contributed by atoms with van der Waals surface area (Å²) in [5.74, 6) is 0. The molecule has 2 heteroatoms. The maximum absolute atomic E-state index is 4.53. The third-order valence-electron chi connectivity index (χ3n) is 8.60. The largest absolute Gasteiger partial charge is 0.309 e. The number of rotatable bonds is 0. The van der Waals surface area contributed by atoms with Gasteiger partial charge in [0.15, 0.2) is 0 Å². The molecule has 0 spiro atoms. The second-order valence-corrected chi connectivity index (χ2v) is 10.4. The van der Waals surface area contributed by atoms with Crippen molar-refractivity contribution in [3.63, 3.8) is 0 Å². The van der Waals surface area contributed by atoms with Crippen LogP contribution < -0.4 is 4.90 Å². The Morgan fingerprint density at radius 3 is 2.11 bits per heavy atom. The summed E-state index contributed by atoms with van der Waals surface area (Å²) in [6.45, 7) is 0. The molecule has 35 heavy (non-hydrogen) atoms. The summed E-state index contributed by atoms with van der Waals surface area (Å²) in [5, 5.41) is 0. The van der Waals surface area contributed by atoms with Crippen molar-refractivity contribution in [2.75, 3.05) is 4.90 Å². The second kappa shape index (κ2) is 6.28. The Labute approximate surface area is 204 Å². The van der Waals surface area contributed by atoms with Crippen molar-refractivity contribution >= 4 is 17.1 Å². The van der Waals surface area contributed by atoms with Crippen LogP contribution in [0.15, 0.2) is 85.2 Å². The molecule has 1 aromatic heterocycles. The summed E-state index contributed by atoms with van der Waals surface area (Å²) in [6, 6.07) is 27.5. The van der Waals surface area contributed by atoms with Crippen LogP contribution in [0.5, 0.6) is 0 Å². The van der Waals surface area contributed by atoms with Crippen molar-refractivity contribution in [1.82, 2.24) is 4.98 Å². The van der Waals surface area contributed by atoms with Gasteiger partial charge in [-0.25, -0.2) is 0 Å². The molecule has 0 saturated carbocycles. The molecule has 4 aliphatic rings. The normalized spacial score (nSPS) is 14.9. The third kappa shape index (κ3) is 2.27. The lowest BCUT2D eigenvalue weighted by Crippen LogP contribution is -2.26. The lowest BCUT2D eigenvalue weighted by atomic mass is 9.82. The van der Waals surface area contributed by atoms with Gasteiger partial charge in [-0.2, -0.15) is 0 Å². The zero-order valence-electron chi connectivity index (χ0n) is 19.3. The first-order valence-electron chi connectivity index (χ1n) is 12.6. The van der Waals surface area contributed by atoms with Gasteiger partial charge in [0.2, 0.25) is 0 Å². The van der Waals surface area contributed by atoms with Crippen molar-refractivity contribution in [3.8, 4) is 22.3 Å². The van der Waals surface area contributed by atoms with Gasteiger partial charge in [-0.05, 0) is 104 Å². The van der Waals surface area contributed by atoms with Crippen molar-refractivity contribution < 1.29 is 0 Å². The molecule has 0 saturated heterocycles. The fraction of sp³-hybridized carbons (Fsp3) is 0.121. The minimum absolute atomic E-state index is 0.963. The van der Waals surface area contributed by atoms with Crippen molar-refractivity contribution in [2.45, 2.75) is 25.7 Å². The van der Waals surface area contributed by atoms with E-state index in [2.05, 4.69) is 88.9 Å². The predicted molar refractivity (Wildman–Crippen MR) is 141 cm³/mol. The zero-order chi connectivity index (χ0) is 22.7. The van der Waals surface area contributed by atoms with Gasteiger partial charge in [-0.1, -0.05) is 48.5 Å². The summed E-state index contributed by atoms with van der Waals surface area (Å²) in [6.07, 6.45) is 8.03. The average molecular weight is 447 g/mol. The van der Waals surface area contributed by atoms with Gasteiger partial charge in [0.05, 0.1) is 17.1 Å². The van der Waals surface area contributed by atoms with Gasteiger partial charge in [-0.3, -0.25) is 4.98 Å². The molecule has 0 fully saturated rings. The zero-order valence-corrected chi connectivity index (χ0v) is 19.3. The van der Waals surface area contributed by atoms with Crippen LogP contribution in [0, 0.1) is 0 Å². The lowest BCUT2D eigenvalue weighted by molar-refractivity contribution is 0.982. The summed E-state index contributed by atoms with van der Waals surface area (Å²) < 4.78 is 0. The van der Waals surface area contributed by atoms with Gasteiger partial charge >= 0.3 is 0 Å². The van der Waals surface area contributed by atoms with Crippen LogP contribution in [0.1, 0.15) is 44.5 Å². The average Bonchev–Trinajstić information content (AvgIpc) is 3.45. The molecule has 0 radical (unpaired) electrons. The van der Waals surface area contributed by atoms with Crippen molar-refractivity contribution in [3.05, 3.63) is 130 Å². The van der Waals surface area contributed by atoms with Gasteiger partial charge in [0, 0.05) is 25.2 Å². The van der Waals surface area contributed by atoms with E-state index < -0.39 is 0 Å². The number of pyridine rings is 1. The van der Waals surface area contributed by atoms with Gasteiger partial charge in [-0.15, -0.1) is 0 Å². The quantitative estimate of drug-likeness (QED) is 0.240. The van der Waals surface area contributed by atoms with E-state index in [9.17, 15) is 0 Å². The van der Waals surface area contributed by atoms with Gasteiger partial charge < -0.3 is 4.90 Å². The third-order valence-corrected chi connectivity index (χ3v) is 8.60. The fourth-order valence-corrected chi connectivity index (χ4v) is 7.11. The van der Waals surface area contributed by atoms with Gasteiger partial charge in [0.1, 0.15) is 0 Å². The molecular formula is C33H22N2. The highest BCUT2D eigenvalue weighted by molar-refractivity contribution is 5.95. The number of fused-ring (bicyclic) bond motifs is 11. The van der Waals surface area contributed by atoms with E-state index in [0.29, 0.717) is 0 Å². The molecular weight excluding hydrogens is 424 g/mol. The van der Waals surface area contributed by atoms with Crippen LogP contribution in [0.3, 0.4) is 0 Å². The molecule has 9 rings (SSSR count). The van der Waals surface area contributed by atoms with Crippen LogP contribution in [-0.4, -0.2) is 4.98 Å². The predicted octanol–water partition coefficient (Wildman–Crippen LogP) is 7.50. The van der Waals surface area contributed by atoms with E-state index in [-0.39, 0.29) is 0 Å². The van der Waals surface area contributed by atoms with E-state index in [1.54, 1.807) is 0 Å². The van der Waals surface area contributed by atoms with Gasteiger partial charge in [0.25, 0.3) is 0 Å². The molecule has 5 aromatic rings. The Morgan fingerprint density at radius 1 is 0.514 bits per heavy atom. The van der Waals surface area contributed by atoms with E-state index >= 15 is 0 Å². The number of benzene rings is 4. The fourth-order valence-electron chi connectivity index (χ4n) is 7.11. The lowest BCUT2D eigenvalue weighted by Gasteiger charge is -2.40. The molecule has 2 nitrogen and oxygen atoms in total. The minimum atomic E-state index is 0.963. The first-order chi connectivity index (χ1) is 17.3. The first kappa shape index (κ1) is 18.2. The molecule has 164 valence electrons. The smallest absolute Gasteiger partial charge is 0.0535 e. The Bertz CT molecular complexity index is 1760. The Hall–Kier alpha value is -4.17. The number of anilines is 3. The molecule has 4 aromatic carbocycles. The highest BCUT2D eigenvalue weighted by atomic mass is 15.2. The van der Waals surface area contributed by atoms with E-state index in [4.69, 9.17) is 0 Å². The summed E-state index contributed by atoms with van der Waals surface area (Å²) >= 11 is 0. The summed E-state index contributed by atoms with van der Waals surface area (Å²) in [5.41, 5.74) is 21.3. The van der Waals surface area contributed by atoms with Crippen LogP contribution in [-0.2, 0) is 25.7 Å². The van der Waals surface area contributed by atoms with E-state index in [1.165, 1.54) is 83.8 Å². The van der Waals surface area contributed by atoms with Crippen LogP contribution >= 0.6 is 0 Å². The molecule has 0 unspecified atom stereocenters.